The molecule has 3 aromatic rings. The third-order valence-corrected chi connectivity index (χ3v) is 4.36. The largest absolute Gasteiger partial charge is 0.455 e. The molecule has 0 atom stereocenters. The van der Waals surface area contributed by atoms with Crippen LogP contribution in [-0.2, 0) is 6.42 Å². The molecule has 0 fully saturated rings. The van der Waals surface area contributed by atoms with Crippen LogP contribution in [0.2, 0.25) is 0 Å². The molecule has 3 rings (SSSR count). The molecular formula is C20H18BrNO. The monoisotopic (exact) mass is 367 g/mol. The molecule has 0 amide bonds. The second-order valence-electron chi connectivity index (χ2n) is 5.46. The van der Waals surface area contributed by atoms with Gasteiger partial charge >= 0.3 is 0 Å². The van der Waals surface area contributed by atoms with Crippen LogP contribution >= 0.6 is 15.9 Å². The Morgan fingerprint density at radius 3 is 2.52 bits per heavy atom. The molecule has 0 saturated carbocycles. The fraction of sp³-hybridized carbons (Fsp3) is 0.150. The van der Waals surface area contributed by atoms with Crippen LogP contribution in [0, 0.1) is 6.92 Å². The maximum Gasteiger partial charge on any atom is 0.145 e. The van der Waals surface area contributed by atoms with Gasteiger partial charge in [-0.1, -0.05) is 41.1 Å². The lowest BCUT2D eigenvalue weighted by Gasteiger charge is -2.02. The summed E-state index contributed by atoms with van der Waals surface area (Å²) in [5, 5.41) is 0. The van der Waals surface area contributed by atoms with Gasteiger partial charge in [0.15, 0.2) is 0 Å². The zero-order chi connectivity index (χ0) is 16.2. The zero-order valence-electron chi connectivity index (χ0n) is 13.2. The summed E-state index contributed by atoms with van der Waals surface area (Å²) in [7, 11) is 0. The van der Waals surface area contributed by atoms with Gasteiger partial charge in [-0.2, -0.15) is 0 Å². The van der Waals surface area contributed by atoms with Crippen molar-refractivity contribution >= 4 is 27.8 Å². The molecule has 23 heavy (non-hydrogen) atoms. The first kappa shape index (κ1) is 15.8. The van der Waals surface area contributed by atoms with Crippen molar-refractivity contribution in [3.8, 4) is 11.3 Å². The highest BCUT2D eigenvalue weighted by atomic mass is 79.9. The van der Waals surface area contributed by atoms with E-state index in [0.717, 1.165) is 33.7 Å². The van der Waals surface area contributed by atoms with Gasteiger partial charge in [-0.3, -0.25) is 4.99 Å². The summed E-state index contributed by atoms with van der Waals surface area (Å²) < 4.78 is 6.91. The molecule has 0 bridgehead atoms. The van der Waals surface area contributed by atoms with Crippen molar-refractivity contribution in [3.05, 3.63) is 76.0 Å². The number of rotatable bonds is 4. The maximum absolute atomic E-state index is 5.88. The van der Waals surface area contributed by atoms with Crippen LogP contribution in [0.25, 0.3) is 11.3 Å². The molecule has 1 aromatic heterocycles. The second-order valence-corrected chi connectivity index (χ2v) is 6.32. The third-order valence-electron chi connectivity index (χ3n) is 3.70. The van der Waals surface area contributed by atoms with Crippen LogP contribution in [-0.4, -0.2) is 6.21 Å². The molecule has 2 nitrogen and oxygen atoms in total. The van der Waals surface area contributed by atoms with E-state index >= 15 is 0 Å². The Kier molecular flexibility index (Phi) is 4.77. The van der Waals surface area contributed by atoms with Crippen LogP contribution in [0.4, 0.5) is 5.69 Å². The smallest absolute Gasteiger partial charge is 0.145 e. The van der Waals surface area contributed by atoms with Gasteiger partial charge in [-0.25, -0.2) is 0 Å². The minimum atomic E-state index is 0.743. The van der Waals surface area contributed by atoms with E-state index in [1.165, 1.54) is 11.1 Å². The van der Waals surface area contributed by atoms with Gasteiger partial charge in [-0.15, -0.1) is 0 Å². The number of furan rings is 1. The number of hydrogen-bond acceptors (Lipinski definition) is 2. The minimum absolute atomic E-state index is 0.743. The highest BCUT2D eigenvalue weighted by Crippen LogP contribution is 2.30. The van der Waals surface area contributed by atoms with Gasteiger partial charge in [-0.05, 0) is 60.9 Å². The lowest BCUT2D eigenvalue weighted by molar-refractivity contribution is 0.575. The number of hydrogen-bond donors (Lipinski definition) is 0. The molecule has 0 aliphatic rings. The quantitative estimate of drug-likeness (QED) is 0.494. The molecule has 0 aliphatic carbocycles. The predicted octanol–water partition coefficient (Wildman–Crippen LogP) is 6.33. The van der Waals surface area contributed by atoms with Crippen LogP contribution in [0.1, 0.15) is 23.8 Å². The number of benzene rings is 2. The average molecular weight is 368 g/mol. The Morgan fingerprint density at radius 1 is 1.04 bits per heavy atom. The summed E-state index contributed by atoms with van der Waals surface area (Å²) in [6.07, 6.45) is 2.80. The summed E-state index contributed by atoms with van der Waals surface area (Å²) in [6, 6.07) is 18.4. The van der Waals surface area contributed by atoms with E-state index in [4.69, 9.17) is 4.42 Å². The van der Waals surface area contributed by atoms with Gasteiger partial charge in [0.2, 0.25) is 0 Å². The van der Waals surface area contributed by atoms with E-state index in [1.54, 1.807) is 6.21 Å². The molecular weight excluding hydrogens is 350 g/mol. The molecule has 2 aromatic carbocycles. The Balaban J connectivity index is 1.79. The predicted molar refractivity (Wildman–Crippen MR) is 99.7 cm³/mol. The number of aliphatic imine (C=N–C) groups is 1. The first-order valence-electron chi connectivity index (χ1n) is 7.65. The summed E-state index contributed by atoms with van der Waals surface area (Å²) >= 11 is 3.59. The van der Waals surface area contributed by atoms with E-state index in [0.29, 0.717) is 0 Å². The van der Waals surface area contributed by atoms with Gasteiger partial charge in [0.05, 0.1) is 11.9 Å². The van der Waals surface area contributed by atoms with E-state index in [1.807, 2.05) is 24.3 Å². The van der Waals surface area contributed by atoms with Crippen molar-refractivity contribution in [3.63, 3.8) is 0 Å². The van der Waals surface area contributed by atoms with E-state index in [9.17, 15) is 0 Å². The highest BCUT2D eigenvalue weighted by Gasteiger charge is 2.07. The Bertz CT molecular complexity index is 831. The Labute approximate surface area is 145 Å². The SMILES string of the molecule is CCc1ccc(N=Cc2ccc(-c3ccc(C)cc3Br)o2)cc1. The fourth-order valence-electron chi connectivity index (χ4n) is 2.34. The van der Waals surface area contributed by atoms with Crippen LogP contribution in [0.3, 0.4) is 0 Å². The fourth-order valence-corrected chi connectivity index (χ4v) is 3.03. The number of nitrogens with zero attached hydrogens (tertiary/aromatic N) is 1. The zero-order valence-corrected chi connectivity index (χ0v) is 14.8. The van der Waals surface area contributed by atoms with Crippen molar-refractivity contribution in [1.82, 2.24) is 0 Å². The molecule has 0 aliphatic heterocycles. The van der Waals surface area contributed by atoms with Crippen molar-refractivity contribution in [2.24, 2.45) is 4.99 Å². The van der Waals surface area contributed by atoms with Gasteiger partial charge < -0.3 is 4.42 Å². The van der Waals surface area contributed by atoms with Crippen molar-refractivity contribution < 1.29 is 4.42 Å². The molecule has 0 radical (unpaired) electrons. The second kappa shape index (κ2) is 6.97. The highest BCUT2D eigenvalue weighted by molar-refractivity contribution is 9.10. The molecule has 3 heteroatoms. The minimum Gasteiger partial charge on any atom is -0.455 e. The van der Waals surface area contributed by atoms with E-state index < -0.39 is 0 Å². The van der Waals surface area contributed by atoms with E-state index in [2.05, 4.69) is 65.1 Å². The van der Waals surface area contributed by atoms with Gasteiger partial charge in [0.25, 0.3) is 0 Å². The summed E-state index contributed by atoms with van der Waals surface area (Å²) in [5.74, 6) is 1.58. The van der Waals surface area contributed by atoms with Crippen molar-refractivity contribution in [2.75, 3.05) is 0 Å². The van der Waals surface area contributed by atoms with Crippen LogP contribution in [0.15, 0.2) is 68.5 Å². The number of halogens is 1. The summed E-state index contributed by atoms with van der Waals surface area (Å²) in [5.41, 5.74) is 4.50. The third kappa shape index (κ3) is 3.80. The average Bonchev–Trinajstić information content (AvgIpc) is 3.02. The van der Waals surface area contributed by atoms with Gasteiger partial charge in [0.1, 0.15) is 11.5 Å². The molecule has 0 N–H and O–H groups in total. The van der Waals surface area contributed by atoms with Gasteiger partial charge in [0, 0.05) is 10.0 Å². The molecule has 0 unspecified atom stereocenters. The first-order chi connectivity index (χ1) is 11.2. The first-order valence-corrected chi connectivity index (χ1v) is 8.44. The standard InChI is InChI=1S/C20H18BrNO/c1-3-15-5-7-16(8-6-15)22-13-17-9-11-20(23-17)18-10-4-14(2)12-19(18)21/h4-13H,3H2,1-2H3. The van der Waals surface area contributed by atoms with Crippen LogP contribution in [0.5, 0.6) is 0 Å². The van der Waals surface area contributed by atoms with Crippen molar-refractivity contribution in [1.29, 1.82) is 0 Å². The topological polar surface area (TPSA) is 25.5 Å². The lowest BCUT2D eigenvalue weighted by Crippen LogP contribution is -1.80. The Morgan fingerprint density at radius 2 is 1.83 bits per heavy atom. The van der Waals surface area contributed by atoms with Crippen molar-refractivity contribution in [2.45, 2.75) is 20.3 Å². The molecule has 0 spiro atoms. The summed E-state index contributed by atoms with van der Waals surface area (Å²) in [4.78, 5) is 4.46. The maximum atomic E-state index is 5.88. The lowest BCUT2D eigenvalue weighted by atomic mass is 10.1. The molecule has 0 saturated heterocycles. The molecule has 116 valence electrons. The van der Waals surface area contributed by atoms with Crippen LogP contribution < -0.4 is 0 Å². The normalized spacial score (nSPS) is 11.3. The Hall–Kier alpha value is -2.13. The van der Waals surface area contributed by atoms with E-state index in [-0.39, 0.29) is 0 Å². The summed E-state index contributed by atoms with van der Waals surface area (Å²) in [6.45, 7) is 4.21. The number of aryl methyl sites for hydroxylation is 2. The molecule has 1 heterocycles.